The van der Waals surface area contributed by atoms with E-state index in [1.807, 2.05) is 0 Å². The van der Waals surface area contributed by atoms with Gasteiger partial charge in [0.25, 0.3) is 0 Å². The van der Waals surface area contributed by atoms with Crippen molar-refractivity contribution in [1.29, 1.82) is 0 Å². The van der Waals surface area contributed by atoms with Crippen LogP contribution >= 0.6 is 0 Å². The SMILES string of the molecule is CC/C=C/CCC[N+](CCC/C=C/CC)(Cc1ccccc1)Cc1ccccc1. The number of quaternary nitrogens is 1. The zero-order chi connectivity index (χ0) is 20.6. The number of nitrogens with zero attached hydrogens (tertiary/aromatic N) is 1. The van der Waals surface area contributed by atoms with Gasteiger partial charge in [0.05, 0.1) is 13.1 Å². The van der Waals surface area contributed by atoms with E-state index in [1.54, 1.807) is 0 Å². The summed E-state index contributed by atoms with van der Waals surface area (Å²) in [5.74, 6) is 0. The molecule has 0 aliphatic rings. The fourth-order valence-corrected chi connectivity index (χ4v) is 4.08. The zero-order valence-corrected chi connectivity index (χ0v) is 18.6. The predicted octanol–water partition coefficient (Wildman–Crippen LogP) is 7.70. The van der Waals surface area contributed by atoms with Gasteiger partial charge in [-0.2, -0.15) is 0 Å². The Bertz CT molecular complexity index is 636. The summed E-state index contributed by atoms with van der Waals surface area (Å²) in [5, 5.41) is 0. The van der Waals surface area contributed by atoms with Gasteiger partial charge in [0.15, 0.2) is 0 Å². The average molecular weight is 391 g/mol. The molecular weight excluding hydrogens is 350 g/mol. The van der Waals surface area contributed by atoms with Gasteiger partial charge in [-0.15, -0.1) is 0 Å². The van der Waals surface area contributed by atoms with Crippen LogP contribution in [0.3, 0.4) is 0 Å². The maximum atomic E-state index is 2.36. The van der Waals surface area contributed by atoms with Crippen molar-refractivity contribution >= 4 is 0 Å². The minimum Gasteiger partial charge on any atom is -0.316 e. The normalized spacial score (nSPS) is 12.2. The van der Waals surface area contributed by atoms with Gasteiger partial charge in [-0.25, -0.2) is 0 Å². The van der Waals surface area contributed by atoms with E-state index in [0.717, 1.165) is 30.4 Å². The Labute approximate surface area is 179 Å². The molecule has 0 aromatic heterocycles. The molecule has 2 aromatic rings. The van der Waals surface area contributed by atoms with Gasteiger partial charge in [0.2, 0.25) is 0 Å². The number of unbranched alkanes of at least 4 members (excludes halogenated alkanes) is 2. The lowest BCUT2D eigenvalue weighted by molar-refractivity contribution is -0.954. The largest absolute Gasteiger partial charge is 0.316 e. The highest BCUT2D eigenvalue weighted by Crippen LogP contribution is 2.23. The number of rotatable bonds is 14. The Morgan fingerprint density at radius 2 is 1.00 bits per heavy atom. The Morgan fingerprint density at radius 3 is 1.38 bits per heavy atom. The van der Waals surface area contributed by atoms with Gasteiger partial charge in [0.1, 0.15) is 13.1 Å². The summed E-state index contributed by atoms with van der Waals surface area (Å²) in [4.78, 5) is 0. The van der Waals surface area contributed by atoms with Crippen molar-refractivity contribution in [1.82, 2.24) is 0 Å². The molecule has 0 unspecified atom stereocenters. The summed E-state index contributed by atoms with van der Waals surface area (Å²) >= 11 is 0. The van der Waals surface area contributed by atoms with Crippen molar-refractivity contribution < 1.29 is 4.48 Å². The molecule has 0 saturated carbocycles. The topological polar surface area (TPSA) is 0 Å². The Hall–Kier alpha value is -2.12. The van der Waals surface area contributed by atoms with Gasteiger partial charge in [0, 0.05) is 24.0 Å². The maximum absolute atomic E-state index is 2.36. The van der Waals surface area contributed by atoms with Crippen molar-refractivity contribution in [3.63, 3.8) is 0 Å². The summed E-state index contributed by atoms with van der Waals surface area (Å²) in [7, 11) is 0. The third-order valence-corrected chi connectivity index (χ3v) is 5.53. The van der Waals surface area contributed by atoms with Gasteiger partial charge >= 0.3 is 0 Å². The third-order valence-electron chi connectivity index (χ3n) is 5.53. The molecule has 0 spiro atoms. The standard InChI is InChI=1S/C28H40N/c1-3-5-7-9-17-23-29(24-18-10-8-6-4-2,25-27-19-13-11-14-20-27)26-28-21-15-12-16-22-28/h5-8,11-16,19-22H,3-4,9-10,17-18,23-26H2,1-2H3/q+1/b7-5+,8-6+. The molecule has 0 N–H and O–H groups in total. The van der Waals surface area contributed by atoms with Gasteiger partial charge in [-0.05, 0) is 25.7 Å². The number of benzene rings is 2. The fourth-order valence-electron chi connectivity index (χ4n) is 4.08. The van der Waals surface area contributed by atoms with Crippen LogP contribution in [0.2, 0.25) is 0 Å². The second-order valence-electron chi connectivity index (χ2n) is 8.12. The molecule has 0 amide bonds. The number of hydrogen-bond donors (Lipinski definition) is 0. The molecule has 0 fully saturated rings. The lowest BCUT2D eigenvalue weighted by Gasteiger charge is -2.39. The predicted molar refractivity (Wildman–Crippen MR) is 128 cm³/mol. The first-order chi connectivity index (χ1) is 14.3. The quantitative estimate of drug-likeness (QED) is 0.176. The van der Waals surface area contributed by atoms with Crippen LogP contribution in [0, 0.1) is 0 Å². The van der Waals surface area contributed by atoms with Crippen molar-refractivity contribution in [2.24, 2.45) is 0 Å². The summed E-state index contributed by atoms with van der Waals surface area (Å²) in [5.41, 5.74) is 2.91. The summed E-state index contributed by atoms with van der Waals surface area (Å²) < 4.78 is 1.15. The third kappa shape index (κ3) is 9.28. The van der Waals surface area contributed by atoms with Crippen LogP contribution in [-0.2, 0) is 13.1 Å². The molecule has 0 aliphatic carbocycles. The first-order valence-corrected chi connectivity index (χ1v) is 11.5. The highest BCUT2D eigenvalue weighted by molar-refractivity contribution is 5.15. The Kier molecular flexibility index (Phi) is 11.1. The molecular formula is C28H40N+. The van der Waals surface area contributed by atoms with Gasteiger partial charge in [-0.1, -0.05) is 98.8 Å². The molecule has 0 saturated heterocycles. The lowest BCUT2D eigenvalue weighted by Crippen LogP contribution is -2.48. The van der Waals surface area contributed by atoms with Crippen molar-refractivity contribution in [3.05, 3.63) is 96.1 Å². The molecule has 0 aliphatic heterocycles. The highest BCUT2D eigenvalue weighted by Gasteiger charge is 2.27. The lowest BCUT2D eigenvalue weighted by atomic mass is 10.1. The van der Waals surface area contributed by atoms with Crippen LogP contribution in [0.15, 0.2) is 85.0 Å². The Morgan fingerprint density at radius 1 is 0.586 bits per heavy atom. The van der Waals surface area contributed by atoms with E-state index in [-0.39, 0.29) is 0 Å². The molecule has 1 heteroatoms. The van der Waals surface area contributed by atoms with Crippen molar-refractivity contribution in [2.75, 3.05) is 13.1 Å². The van der Waals surface area contributed by atoms with E-state index in [1.165, 1.54) is 49.9 Å². The van der Waals surface area contributed by atoms with Crippen LogP contribution < -0.4 is 0 Å². The molecule has 2 aromatic carbocycles. The van der Waals surface area contributed by atoms with Crippen LogP contribution in [0.5, 0.6) is 0 Å². The average Bonchev–Trinajstić information content (AvgIpc) is 2.75. The van der Waals surface area contributed by atoms with Crippen molar-refractivity contribution in [3.8, 4) is 0 Å². The minimum absolute atomic E-state index is 1.12. The van der Waals surface area contributed by atoms with E-state index in [9.17, 15) is 0 Å². The number of hydrogen-bond acceptors (Lipinski definition) is 0. The summed E-state index contributed by atoms with van der Waals surface area (Å²) in [6, 6.07) is 22.2. The molecule has 156 valence electrons. The Balaban J connectivity index is 2.19. The van der Waals surface area contributed by atoms with E-state index in [2.05, 4.69) is 98.8 Å². The van der Waals surface area contributed by atoms with Crippen LogP contribution in [0.4, 0.5) is 0 Å². The van der Waals surface area contributed by atoms with Gasteiger partial charge in [-0.3, -0.25) is 0 Å². The van der Waals surface area contributed by atoms with E-state index < -0.39 is 0 Å². The minimum atomic E-state index is 1.12. The molecule has 0 bridgehead atoms. The molecule has 0 atom stereocenters. The van der Waals surface area contributed by atoms with Crippen LogP contribution in [-0.4, -0.2) is 17.6 Å². The molecule has 29 heavy (non-hydrogen) atoms. The van der Waals surface area contributed by atoms with E-state index >= 15 is 0 Å². The maximum Gasteiger partial charge on any atom is 0.105 e. The highest BCUT2D eigenvalue weighted by atomic mass is 15.3. The van der Waals surface area contributed by atoms with Crippen LogP contribution in [0.1, 0.15) is 63.5 Å². The fraction of sp³-hybridized carbons (Fsp3) is 0.429. The second kappa shape index (κ2) is 14.0. The summed E-state index contributed by atoms with van der Waals surface area (Å²) in [6.07, 6.45) is 16.5. The van der Waals surface area contributed by atoms with E-state index in [4.69, 9.17) is 0 Å². The molecule has 0 heterocycles. The molecule has 1 nitrogen and oxygen atoms in total. The van der Waals surface area contributed by atoms with Crippen LogP contribution in [0.25, 0.3) is 0 Å². The van der Waals surface area contributed by atoms with Crippen molar-refractivity contribution in [2.45, 2.75) is 65.5 Å². The van der Waals surface area contributed by atoms with Gasteiger partial charge < -0.3 is 4.48 Å². The first-order valence-electron chi connectivity index (χ1n) is 11.5. The first kappa shape index (κ1) is 23.2. The van der Waals surface area contributed by atoms with E-state index in [0.29, 0.717) is 0 Å². The number of allylic oxidation sites excluding steroid dienone is 4. The molecule has 2 rings (SSSR count). The molecule has 0 radical (unpaired) electrons. The smallest absolute Gasteiger partial charge is 0.105 e. The summed E-state index contributed by atoms with van der Waals surface area (Å²) in [6.45, 7) is 9.12. The second-order valence-corrected chi connectivity index (χ2v) is 8.12. The monoisotopic (exact) mass is 390 g/mol. The zero-order valence-electron chi connectivity index (χ0n) is 18.6.